The van der Waals surface area contributed by atoms with Gasteiger partial charge in [-0.2, -0.15) is 0 Å². The van der Waals surface area contributed by atoms with E-state index in [1.165, 1.54) is 0 Å². The van der Waals surface area contributed by atoms with Crippen molar-refractivity contribution in [2.75, 3.05) is 26.9 Å². The Kier molecular flexibility index (Phi) is 5.00. The molecule has 0 atom stereocenters. The van der Waals surface area contributed by atoms with Crippen molar-refractivity contribution in [3.8, 4) is 5.75 Å². The molecule has 0 heterocycles. The first-order valence-electron chi connectivity index (χ1n) is 4.77. The number of hydrogen-bond donors (Lipinski definition) is 1. The van der Waals surface area contributed by atoms with Gasteiger partial charge in [0.25, 0.3) is 0 Å². The summed E-state index contributed by atoms with van der Waals surface area (Å²) in [6.07, 6.45) is 0.865. The van der Waals surface area contributed by atoms with Crippen LogP contribution in [0.25, 0.3) is 0 Å². The summed E-state index contributed by atoms with van der Waals surface area (Å²) in [5.74, 6) is 0.898. The van der Waals surface area contributed by atoms with E-state index in [1.807, 2.05) is 24.3 Å². The SMILES string of the molecule is COc1ccccc1CCNCCF. The van der Waals surface area contributed by atoms with Gasteiger partial charge >= 0.3 is 0 Å². The highest BCUT2D eigenvalue weighted by Gasteiger charge is 1.99. The molecular formula is C11H16FNO. The Bertz CT molecular complexity index is 265. The van der Waals surface area contributed by atoms with Gasteiger partial charge in [-0.3, -0.25) is 0 Å². The van der Waals surface area contributed by atoms with Crippen molar-refractivity contribution in [2.24, 2.45) is 0 Å². The molecule has 0 spiro atoms. The summed E-state index contributed by atoms with van der Waals surface area (Å²) in [5.41, 5.74) is 1.15. The Hall–Kier alpha value is -1.09. The lowest BCUT2D eigenvalue weighted by Gasteiger charge is -2.07. The molecule has 0 aromatic heterocycles. The number of nitrogens with one attached hydrogen (secondary N) is 1. The van der Waals surface area contributed by atoms with Gasteiger partial charge in [0, 0.05) is 6.54 Å². The van der Waals surface area contributed by atoms with Gasteiger partial charge in [0.1, 0.15) is 12.4 Å². The molecule has 1 aromatic carbocycles. The average Bonchev–Trinajstić information content (AvgIpc) is 2.25. The molecule has 14 heavy (non-hydrogen) atoms. The van der Waals surface area contributed by atoms with Crippen molar-refractivity contribution in [3.05, 3.63) is 29.8 Å². The molecule has 0 fully saturated rings. The fourth-order valence-electron chi connectivity index (χ4n) is 1.32. The van der Waals surface area contributed by atoms with Crippen molar-refractivity contribution in [1.82, 2.24) is 5.32 Å². The zero-order chi connectivity index (χ0) is 10.2. The molecule has 0 bridgehead atoms. The molecule has 0 saturated carbocycles. The van der Waals surface area contributed by atoms with Crippen molar-refractivity contribution in [1.29, 1.82) is 0 Å². The molecule has 0 aliphatic heterocycles. The van der Waals surface area contributed by atoms with Gasteiger partial charge in [-0.1, -0.05) is 18.2 Å². The maximum atomic E-state index is 11.8. The number of methoxy groups -OCH3 is 1. The van der Waals surface area contributed by atoms with Crippen LogP contribution in [0.5, 0.6) is 5.75 Å². The minimum absolute atomic E-state index is 0.314. The number of hydrogen-bond acceptors (Lipinski definition) is 2. The minimum Gasteiger partial charge on any atom is -0.496 e. The van der Waals surface area contributed by atoms with Crippen LogP contribution < -0.4 is 10.1 Å². The van der Waals surface area contributed by atoms with E-state index in [0.717, 1.165) is 24.3 Å². The molecule has 2 nitrogen and oxygen atoms in total. The Morgan fingerprint density at radius 3 is 2.79 bits per heavy atom. The first-order valence-corrected chi connectivity index (χ1v) is 4.77. The van der Waals surface area contributed by atoms with E-state index in [-0.39, 0.29) is 6.67 Å². The molecule has 0 amide bonds. The summed E-state index contributed by atoms with van der Waals surface area (Å²) >= 11 is 0. The van der Waals surface area contributed by atoms with Crippen LogP contribution in [-0.4, -0.2) is 26.9 Å². The fourth-order valence-corrected chi connectivity index (χ4v) is 1.32. The number of rotatable bonds is 6. The van der Waals surface area contributed by atoms with Crippen molar-refractivity contribution in [2.45, 2.75) is 6.42 Å². The molecule has 3 heteroatoms. The van der Waals surface area contributed by atoms with Gasteiger partial charge in [-0.05, 0) is 24.6 Å². The van der Waals surface area contributed by atoms with E-state index in [4.69, 9.17) is 4.74 Å². The molecule has 1 rings (SSSR count). The van der Waals surface area contributed by atoms with E-state index >= 15 is 0 Å². The first kappa shape index (κ1) is 11.0. The quantitative estimate of drug-likeness (QED) is 0.702. The Labute approximate surface area is 84.1 Å². The molecule has 0 unspecified atom stereocenters. The summed E-state index contributed by atoms with van der Waals surface area (Å²) in [4.78, 5) is 0. The van der Waals surface area contributed by atoms with E-state index in [0.29, 0.717) is 6.54 Å². The lowest BCUT2D eigenvalue weighted by atomic mass is 10.1. The smallest absolute Gasteiger partial charge is 0.122 e. The maximum Gasteiger partial charge on any atom is 0.122 e. The van der Waals surface area contributed by atoms with Crippen LogP contribution in [0.2, 0.25) is 0 Å². The van der Waals surface area contributed by atoms with Gasteiger partial charge in [0.15, 0.2) is 0 Å². The van der Waals surface area contributed by atoms with Crippen LogP contribution in [0, 0.1) is 0 Å². The molecule has 0 radical (unpaired) electrons. The molecule has 0 saturated heterocycles. The summed E-state index contributed by atoms with van der Waals surface area (Å²) < 4.78 is 17.0. The highest BCUT2D eigenvalue weighted by Crippen LogP contribution is 2.16. The van der Waals surface area contributed by atoms with Crippen LogP contribution in [0.15, 0.2) is 24.3 Å². The van der Waals surface area contributed by atoms with E-state index in [2.05, 4.69) is 5.32 Å². The van der Waals surface area contributed by atoms with E-state index < -0.39 is 0 Å². The largest absolute Gasteiger partial charge is 0.496 e. The Morgan fingerprint density at radius 2 is 2.07 bits per heavy atom. The number of benzene rings is 1. The highest BCUT2D eigenvalue weighted by molar-refractivity contribution is 5.33. The van der Waals surface area contributed by atoms with Crippen LogP contribution in [0.1, 0.15) is 5.56 Å². The second-order valence-corrected chi connectivity index (χ2v) is 3.00. The number of alkyl halides is 1. The second-order valence-electron chi connectivity index (χ2n) is 3.00. The lowest BCUT2D eigenvalue weighted by molar-refractivity contribution is 0.408. The van der Waals surface area contributed by atoms with Crippen LogP contribution in [0.4, 0.5) is 4.39 Å². The maximum absolute atomic E-state index is 11.8. The summed E-state index contributed by atoms with van der Waals surface area (Å²) in [5, 5.41) is 3.00. The predicted octanol–water partition coefficient (Wildman–Crippen LogP) is 1.80. The topological polar surface area (TPSA) is 21.3 Å². The fraction of sp³-hybridized carbons (Fsp3) is 0.455. The van der Waals surface area contributed by atoms with Gasteiger partial charge < -0.3 is 10.1 Å². The molecule has 1 aromatic rings. The van der Waals surface area contributed by atoms with E-state index in [9.17, 15) is 4.39 Å². The van der Waals surface area contributed by atoms with Crippen molar-refractivity contribution < 1.29 is 9.13 Å². The second kappa shape index (κ2) is 6.38. The lowest BCUT2D eigenvalue weighted by Crippen LogP contribution is -2.19. The Morgan fingerprint density at radius 1 is 1.29 bits per heavy atom. The standard InChI is InChI=1S/C11H16FNO/c1-14-11-5-3-2-4-10(11)6-8-13-9-7-12/h2-5,13H,6-9H2,1H3. The molecule has 78 valence electrons. The summed E-state index contributed by atoms with van der Waals surface area (Å²) in [6, 6.07) is 7.88. The molecule has 1 N–H and O–H groups in total. The zero-order valence-corrected chi connectivity index (χ0v) is 8.42. The van der Waals surface area contributed by atoms with E-state index in [1.54, 1.807) is 7.11 Å². The Balaban J connectivity index is 2.41. The third-order valence-corrected chi connectivity index (χ3v) is 2.03. The monoisotopic (exact) mass is 197 g/mol. The van der Waals surface area contributed by atoms with Gasteiger partial charge in [-0.15, -0.1) is 0 Å². The summed E-state index contributed by atoms with van der Waals surface area (Å²) in [6.45, 7) is 0.894. The number of ether oxygens (including phenoxy) is 1. The zero-order valence-electron chi connectivity index (χ0n) is 8.42. The van der Waals surface area contributed by atoms with Crippen molar-refractivity contribution >= 4 is 0 Å². The first-order chi connectivity index (χ1) is 6.88. The van der Waals surface area contributed by atoms with Crippen LogP contribution in [0.3, 0.4) is 0 Å². The third kappa shape index (κ3) is 3.34. The van der Waals surface area contributed by atoms with Crippen molar-refractivity contribution in [3.63, 3.8) is 0 Å². The van der Waals surface area contributed by atoms with Crippen LogP contribution >= 0.6 is 0 Å². The molecule has 0 aliphatic carbocycles. The normalized spacial score (nSPS) is 10.1. The van der Waals surface area contributed by atoms with Crippen LogP contribution in [-0.2, 0) is 6.42 Å². The van der Waals surface area contributed by atoms with Gasteiger partial charge in [0.05, 0.1) is 7.11 Å². The third-order valence-electron chi connectivity index (χ3n) is 2.03. The highest BCUT2D eigenvalue weighted by atomic mass is 19.1. The number of para-hydroxylation sites is 1. The minimum atomic E-state index is -0.314. The average molecular weight is 197 g/mol. The van der Waals surface area contributed by atoms with Gasteiger partial charge in [-0.25, -0.2) is 4.39 Å². The van der Waals surface area contributed by atoms with Gasteiger partial charge in [0.2, 0.25) is 0 Å². The summed E-state index contributed by atoms with van der Waals surface area (Å²) in [7, 11) is 1.66. The number of halogens is 1. The molecule has 0 aliphatic rings. The molecular weight excluding hydrogens is 181 g/mol. The predicted molar refractivity (Wildman–Crippen MR) is 55.5 cm³/mol.